The molecular weight excluding hydrogens is 312 g/mol. The second-order valence-electron chi connectivity index (χ2n) is 3.84. The van der Waals surface area contributed by atoms with Crippen LogP contribution in [0.15, 0.2) is 35.1 Å². The molecule has 0 aliphatic carbocycles. The van der Waals surface area contributed by atoms with Gasteiger partial charge in [0.25, 0.3) is 5.91 Å². The highest BCUT2D eigenvalue weighted by Crippen LogP contribution is 2.24. The summed E-state index contributed by atoms with van der Waals surface area (Å²) in [5.74, 6) is 1.01. The number of amides is 1. The van der Waals surface area contributed by atoms with Crippen molar-refractivity contribution >= 4 is 21.8 Å². The Balaban J connectivity index is 1.87. The molecule has 1 unspecified atom stereocenters. The molecule has 7 heteroatoms. The Morgan fingerprint density at radius 2 is 2.32 bits per heavy atom. The zero-order valence-electron chi connectivity index (χ0n) is 10.3. The van der Waals surface area contributed by atoms with Crippen LogP contribution in [-0.2, 0) is 11.3 Å². The molecule has 1 heterocycles. The Morgan fingerprint density at radius 3 is 3.00 bits per heavy atom. The predicted octanol–water partition coefficient (Wildman–Crippen LogP) is 1.65. The van der Waals surface area contributed by atoms with Crippen LogP contribution in [-0.4, -0.2) is 27.2 Å². The van der Waals surface area contributed by atoms with Crippen molar-refractivity contribution in [2.24, 2.45) is 0 Å². The molecule has 0 saturated heterocycles. The first-order chi connectivity index (χ1) is 9.16. The summed E-state index contributed by atoms with van der Waals surface area (Å²) in [6.07, 6.45) is 0.796. The molecule has 0 saturated carbocycles. The second kappa shape index (κ2) is 6.33. The van der Waals surface area contributed by atoms with Gasteiger partial charge in [-0.3, -0.25) is 9.89 Å². The van der Waals surface area contributed by atoms with Gasteiger partial charge in [-0.25, -0.2) is 4.98 Å². The van der Waals surface area contributed by atoms with E-state index in [0.29, 0.717) is 18.1 Å². The number of rotatable bonds is 5. The quantitative estimate of drug-likeness (QED) is 0.876. The number of halogens is 1. The number of aromatic nitrogens is 3. The van der Waals surface area contributed by atoms with Crippen molar-refractivity contribution in [2.75, 3.05) is 0 Å². The van der Waals surface area contributed by atoms with E-state index in [0.717, 1.165) is 4.47 Å². The van der Waals surface area contributed by atoms with Gasteiger partial charge in [-0.15, -0.1) is 0 Å². The molecule has 0 fully saturated rings. The molecule has 0 radical (unpaired) electrons. The number of hydrogen-bond donors (Lipinski definition) is 2. The number of nitrogens with one attached hydrogen (secondary N) is 2. The van der Waals surface area contributed by atoms with Gasteiger partial charge in [-0.05, 0) is 35.0 Å². The summed E-state index contributed by atoms with van der Waals surface area (Å²) in [6, 6.07) is 7.38. The first-order valence-electron chi connectivity index (χ1n) is 5.70. The average Bonchev–Trinajstić information content (AvgIpc) is 2.91. The molecule has 0 bridgehead atoms. The molecule has 0 aliphatic rings. The van der Waals surface area contributed by atoms with E-state index in [-0.39, 0.29) is 5.91 Å². The van der Waals surface area contributed by atoms with E-state index in [1.807, 2.05) is 18.2 Å². The van der Waals surface area contributed by atoms with Crippen LogP contribution in [0.5, 0.6) is 5.75 Å². The maximum Gasteiger partial charge on any atom is 0.261 e. The summed E-state index contributed by atoms with van der Waals surface area (Å²) in [5, 5.41) is 9.08. The highest BCUT2D eigenvalue weighted by Gasteiger charge is 2.15. The fourth-order valence-corrected chi connectivity index (χ4v) is 1.79. The van der Waals surface area contributed by atoms with Crippen molar-refractivity contribution < 1.29 is 9.53 Å². The first kappa shape index (κ1) is 13.5. The fraction of sp³-hybridized carbons (Fsp3) is 0.250. The van der Waals surface area contributed by atoms with Crippen LogP contribution in [0, 0.1) is 0 Å². The third kappa shape index (κ3) is 3.78. The van der Waals surface area contributed by atoms with Crippen molar-refractivity contribution in [3.8, 4) is 5.75 Å². The Labute approximate surface area is 118 Å². The number of nitrogens with zero attached hydrogens (tertiary/aromatic N) is 2. The third-order valence-corrected chi connectivity index (χ3v) is 3.06. The van der Waals surface area contributed by atoms with Gasteiger partial charge in [-0.2, -0.15) is 5.10 Å². The molecule has 0 spiro atoms. The van der Waals surface area contributed by atoms with Crippen molar-refractivity contribution in [3.63, 3.8) is 0 Å². The lowest BCUT2D eigenvalue weighted by Crippen LogP contribution is -2.36. The molecular formula is C12H13BrN4O2. The molecule has 100 valence electrons. The Kier molecular flexibility index (Phi) is 4.51. The fourth-order valence-electron chi connectivity index (χ4n) is 1.41. The highest BCUT2D eigenvalue weighted by molar-refractivity contribution is 9.10. The number of benzene rings is 1. The van der Waals surface area contributed by atoms with Gasteiger partial charge < -0.3 is 10.1 Å². The predicted molar refractivity (Wildman–Crippen MR) is 72.5 cm³/mol. The monoisotopic (exact) mass is 324 g/mol. The Hall–Kier alpha value is -1.89. The van der Waals surface area contributed by atoms with Crippen molar-refractivity contribution in [2.45, 2.75) is 19.6 Å². The summed E-state index contributed by atoms with van der Waals surface area (Å²) in [6.45, 7) is 1.98. The van der Waals surface area contributed by atoms with Gasteiger partial charge in [0.05, 0.1) is 11.0 Å². The molecule has 6 nitrogen and oxygen atoms in total. The molecule has 2 aromatic rings. The molecule has 0 aliphatic heterocycles. The van der Waals surface area contributed by atoms with Crippen LogP contribution in [0.25, 0.3) is 0 Å². The molecule has 2 rings (SSSR count). The SMILES string of the molecule is CC(Oc1ccccc1Br)C(=O)NCc1ncn[nH]1. The molecule has 1 aromatic carbocycles. The zero-order valence-corrected chi connectivity index (χ0v) is 11.8. The van der Waals surface area contributed by atoms with Crippen LogP contribution in [0.2, 0.25) is 0 Å². The summed E-state index contributed by atoms with van der Waals surface area (Å²) < 4.78 is 6.38. The van der Waals surface area contributed by atoms with E-state index in [1.54, 1.807) is 13.0 Å². The van der Waals surface area contributed by atoms with Gasteiger partial charge in [0.1, 0.15) is 17.9 Å². The largest absolute Gasteiger partial charge is 0.480 e. The number of H-pyrrole nitrogens is 1. The molecule has 1 amide bonds. The van der Waals surface area contributed by atoms with E-state index < -0.39 is 6.10 Å². The minimum Gasteiger partial charge on any atom is -0.480 e. The number of para-hydroxylation sites is 1. The zero-order chi connectivity index (χ0) is 13.7. The number of hydrogen-bond acceptors (Lipinski definition) is 4. The third-order valence-electron chi connectivity index (χ3n) is 2.40. The lowest BCUT2D eigenvalue weighted by atomic mass is 10.3. The summed E-state index contributed by atoms with van der Waals surface area (Å²) >= 11 is 3.36. The molecule has 2 N–H and O–H groups in total. The van der Waals surface area contributed by atoms with E-state index in [9.17, 15) is 4.79 Å². The maximum absolute atomic E-state index is 11.8. The topological polar surface area (TPSA) is 79.9 Å². The smallest absolute Gasteiger partial charge is 0.261 e. The van der Waals surface area contributed by atoms with Crippen LogP contribution in [0.3, 0.4) is 0 Å². The first-order valence-corrected chi connectivity index (χ1v) is 6.49. The lowest BCUT2D eigenvalue weighted by Gasteiger charge is -2.15. The lowest BCUT2D eigenvalue weighted by molar-refractivity contribution is -0.127. The van der Waals surface area contributed by atoms with E-state index >= 15 is 0 Å². The van der Waals surface area contributed by atoms with Gasteiger partial charge in [0.15, 0.2) is 6.10 Å². The van der Waals surface area contributed by atoms with Crippen LogP contribution < -0.4 is 10.1 Å². The summed E-state index contributed by atoms with van der Waals surface area (Å²) in [4.78, 5) is 15.8. The van der Waals surface area contributed by atoms with Crippen molar-refractivity contribution in [1.82, 2.24) is 20.5 Å². The normalized spacial score (nSPS) is 11.9. The van der Waals surface area contributed by atoms with Crippen LogP contribution >= 0.6 is 15.9 Å². The minimum absolute atomic E-state index is 0.216. The Morgan fingerprint density at radius 1 is 1.53 bits per heavy atom. The molecule has 19 heavy (non-hydrogen) atoms. The second-order valence-corrected chi connectivity index (χ2v) is 4.69. The van der Waals surface area contributed by atoms with Crippen LogP contribution in [0.1, 0.15) is 12.7 Å². The van der Waals surface area contributed by atoms with Gasteiger partial charge in [-0.1, -0.05) is 12.1 Å². The van der Waals surface area contributed by atoms with Gasteiger partial charge >= 0.3 is 0 Å². The van der Waals surface area contributed by atoms with E-state index in [1.165, 1.54) is 6.33 Å². The summed E-state index contributed by atoms with van der Waals surface area (Å²) in [7, 11) is 0. The molecule has 1 aromatic heterocycles. The van der Waals surface area contributed by atoms with E-state index in [2.05, 4.69) is 36.4 Å². The molecule has 1 atom stereocenters. The Bertz CT molecular complexity index is 544. The standard InChI is InChI=1S/C12H13BrN4O2/c1-8(19-10-5-3-2-4-9(10)13)12(18)14-6-11-15-7-16-17-11/h2-5,7-8H,6H2,1H3,(H,14,18)(H,15,16,17). The number of aromatic amines is 1. The number of carbonyl (C=O) groups is 1. The maximum atomic E-state index is 11.8. The van der Waals surface area contributed by atoms with Crippen molar-refractivity contribution in [3.05, 3.63) is 40.9 Å². The minimum atomic E-state index is -0.596. The van der Waals surface area contributed by atoms with E-state index in [4.69, 9.17) is 4.74 Å². The van der Waals surface area contributed by atoms with Crippen LogP contribution in [0.4, 0.5) is 0 Å². The highest BCUT2D eigenvalue weighted by atomic mass is 79.9. The summed E-state index contributed by atoms with van der Waals surface area (Å²) in [5.41, 5.74) is 0. The van der Waals surface area contributed by atoms with Crippen molar-refractivity contribution in [1.29, 1.82) is 0 Å². The van der Waals surface area contributed by atoms with Gasteiger partial charge in [0, 0.05) is 0 Å². The number of ether oxygens (including phenoxy) is 1. The number of carbonyl (C=O) groups excluding carboxylic acids is 1. The van der Waals surface area contributed by atoms with Gasteiger partial charge in [0.2, 0.25) is 0 Å². The average molecular weight is 325 g/mol.